The van der Waals surface area contributed by atoms with Gasteiger partial charge in [-0.05, 0) is 46.9 Å². The number of methoxy groups -OCH3 is 2. The fourth-order valence-corrected chi connectivity index (χ4v) is 4.36. The first-order valence-electron chi connectivity index (χ1n) is 9.95. The third-order valence-electron chi connectivity index (χ3n) is 5.59. The molecule has 154 valence electrons. The summed E-state index contributed by atoms with van der Waals surface area (Å²) in [6.45, 7) is 0.615. The zero-order chi connectivity index (χ0) is 21.1. The summed E-state index contributed by atoms with van der Waals surface area (Å²) in [5, 5.41) is 0.641. The number of hydrogen-bond donors (Lipinski definition) is 0. The van der Waals surface area contributed by atoms with E-state index < -0.39 is 0 Å². The van der Waals surface area contributed by atoms with E-state index in [0.29, 0.717) is 29.5 Å². The molecule has 1 aliphatic rings. The van der Waals surface area contributed by atoms with Crippen molar-refractivity contribution in [3.8, 4) is 11.5 Å². The van der Waals surface area contributed by atoms with Crippen molar-refractivity contribution in [2.75, 3.05) is 20.8 Å². The minimum Gasteiger partial charge on any atom is -0.493 e. The molecule has 0 saturated carbocycles. The molecule has 0 aliphatic carbocycles. The molecule has 4 nitrogen and oxygen atoms in total. The summed E-state index contributed by atoms with van der Waals surface area (Å²) in [6, 6.07) is 21.2. The number of ether oxygens (including phenoxy) is 2. The summed E-state index contributed by atoms with van der Waals surface area (Å²) in [5.41, 5.74) is 4.07. The number of benzene rings is 3. The number of carbonyl (C=O) groups is 1. The SMILES string of the molecule is COc1cc2c(cc1OC)[C@H](c1ccccc1Cl)N(C(=O)Cc1ccccc1)CC2. The van der Waals surface area contributed by atoms with Gasteiger partial charge in [-0.2, -0.15) is 0 Å². The van der Waals surface area contributed by atoms with E-state index in [4.69, 9.17) is 21.1 Å². The smallest absolute Gasteiger partial charge is 0.227 e. The summed E-state index contributed by atoms with van der Waals surface area (Å²) in [7, 11) is 3.25. The van der Waals surface area contributed by atoms with E-state index in [9.17, 15) is 4.79 Å². The zero-order valence-corrected chi connectivity index (χ0v) is 17.9. The Balaban J connectivity index is 1.80. The van der Waals surface area contributed by atoms with Crippen molar-refractivity contribution < 1.29 is 14.3 Å². The van der Waals surface area contributed by atoms with Crippen molar-refractivity contribution in [3.63, 3.8) is 0 Å². The van der Waals surface area contributed by atoms with Gasteiger partial charge < -0.3 is 14.4 Å². The first-order valence-corrected chi connectivity index (χ1v) is 10.3. The van der Waals surface area contributed by atoms with Crippen LogP contribution in [0.3, 0.4) is 0 Å². The van der Waals surface area contributed by atoms with Gasteiger partial charge in [0.25, 0.3) is 0 Å². The van der Waals surface area contributed by atoms with Gasteiger partial charge in [-0.1, -0.05) is 60.1 Å². The quantitative estimate of drug-likeness (QED) is 0.577. The van der Waals surface area contributed by atoms with E-state index in [1.165, 1.54) is 0 Å². The number of halogens is 1. The molecule has 0 unspecified atom stereocenters. The van der Waals surface area contributed by atoms with Gasteiger partial charge >= 0.3 is 0 Å². The predicted octanol–water partition coefficient (Wildman–Crippen LogP) is 5.07. The van der Waals surface area contributed by atoms with Crippen LogP contribution in [0.15, 0.2) is 66.7 Å². The second-order valence-electron chi connectivity index (χ2n) is 7.33. The largest absolute Gasteiger partial charge is 0.493 e. The van der Waals surface area contributed by atoms with Crippen molar-refractivity contribution in [1.82, 2.24) is 4.90 Å². The third kappa shape index (κ3) is 3.88. The Morgan fingerprint density at radius 3 is 2.33 bits per heavy atom. The lowest BCUT2D eigenvalue weighted by molar-refractivity contribution is -0.132. The molecule has 0 N–H and O–H groups in total. The molecular weight excluding hydrogens is 398 g/mol. The van der Waals surface area contributed by atoms with Gasteiger partial charge in [0.05, 0.1) is 26.7 Å². The van der Waals surface area contributed by atoms with E-state index in [1.807, 2.05) is 71.6 Å². The number of hydrogen-bond acceptors (Lipinski definition) is 3. The highest BCUT2D eigenvalue weighted by molar-refractivity contribution is 6.31. The third-order valence-corrected chi connectivity index (χ3v) is 5.94. The first-order chi connectivity index (χ1) is 14.6. The van der Waals surface area contributed by atoms with Crippen LogP contribution in [0, 0.1) is 0 Å². The second-order valence-corrected chi connectivity index (χ2v) is 7.74. The van der Waals surface area contributed by atoms with Crippen LogP contribution in [-0.2, 0) is 17.6 Å². The Bertz CT molecular complexity index is 1050. The van der Waals surface area contributed by atoms with Crippen LogP contribution in [0.1, 0.15) is 28.3 Å². The van der Waals surface area contributed by atoms with Gasteiger partial charge in [0.1, 0.15) is 0 Å². The van der Waals surface area contributed by atoms with Crippen molar-refractivity contribution in [3.05, 3.63) is 94.0 Å². The molecule has 0 bridgehead atoms. The number of nitrogens with zero attached hydrogens (tertiary/aromatic N) is 1. The Kier molecular flexibility index (Phi) is 5.96. The Labute approximate surface area is 182 Å². The summed E-state index contributed by atoms with van der Waals surface area (Å²) < 4.78 is 11.0. The maximum atomic E-state index is 13.4. The molecule has 30 heavy (non-hydrogen) atoms. The molecule has 0 aromatic heterocycles. The van der Waals surface area contributed by atoms with Crippen LogP contribution in [0.5, 0.6) is 11.5 Å². The van der Waals surface area contributed by atoms with Crippen LogP contribution >= 0.6 is 11.6 Å². The van der Waals surface area contributed by atoms with E-state index in [2.05, 4.69) is 0 Å². The normalized spacial score (nSPS) is 15.4. The molecule has 3 aromatic rings. The van der Waals surface area contributed by atoms with Gasteiger partial charge in [-0.3, -0.25) is 4.79 Å². The number of rotatable bonds is 5. The molecule has 0 spiro atoms. The minimum atomic E-state index is -0.279. The lowest BCUT2D eigenvalue weighted by atomic mass is 9.87. The maximum Gasteiger partial charge on any atom is 0.227 e. The molecule has 0 fully saturated rings. The van der Waals surface area contributed by atoms with E-state index >= 15 is 0 Å². The van der Waals surface area contributed by atoms with E-state index in [1.54, 1.807) is 14.2 Å². The van der Waals surface area contributed by atoms with Crippen molar-refractivity contribution in [1.29, 1.82) is 0 Å². The van der Waals surface area contributed by atoms with Crippen LogP contribution < -0.4 is 9.47 Å². The highest BCUT2D eigenvalue weighted by Crippen LogP contribution is 2.42. The summed E-state index contributed by atoms with van der Waals surface area (Å²) in [5.74, 6) is 1.41. The van der Waals surface area contributed by atoms with Crippen molar-refractivity contribution in [2.45, 2.75) is 18.9 Å². The zero-order valence-electron chi connectivity index (χ0n) is 17.1. The molecule has 3 aromatic carbocycles. The summed E-state index contributed by atoms with van der Waals surface area (Å²) in [6.07, 6.45) is 1.10. The first kappa shape index (κ1) is 20.3. The highest BCUT2D eigenvalue weighted by atomic mass is 35.5. The summed E-state index contributed by atoms with van der Waals surface area (Å²) in [4.78, 5) is 15.3. The van der Waals surface area contributed by atoms with Gasteiger partial charge in [0, 0.05) is 11.6 Å². The maximum absolute atomic E-state index is 13.4. The molecule has 1 atom stereocenters. The Hall–Kier alpha value is -2.98. The Morgan fingerprint density at radius 1 is 0.967 bits per heavy atom. The van der Waals surface area contributed by atoms with E-state index in [0.717, 1.165) is 28.7 Å². The Morgan fingerprint density at radius 2 is 1.63 bits per heavy atom. The second kappa shape index (κ2) is 8.80. The topological polar surface area (TPSA) is 38.8 Å². The molecule has 5 heteroatoms. The average molecular weight is 422 g/mol. The molecule has 0 radical (unpaired) electrons. The minimum absolute atomic E-state index is 0.0755. The van der Waals surface area contributed by atoms with Crippen molar-refractivity contribution in [2.24, 2.45) is 0 Å². The average Bonchev–Trinajstić information content (AvgIpc) is 2.78. The van der Waals surface area contributed by atoms with Crippen LogP contribution in [0.4, 0.5) is 0 Å². The predicted molar refractivity (Wildman–Crippen MR) is 118 cm³/mol. The van der Waals surface area contributed by atoms with Gasteiger partial charge in [-0.15, -0.1) is 0 Å². The van der Waals surface area contributed by atoms with Crippen LogP contribution in [0.2, 0.25) is 5.02 Å². The number of carbonyl (C=O) groups excluding carboxylic acids is 1. The summed E-state index contributed by atoms with van der Waals surface area (Å²) >= 11 is 6.59. The fourth-order valence-electron chi connectivity index (χ4n) is 4.12. The fraction of sp³-hybridized carbons (Fsp3) is 0.240. The highest BCUT2D eigenvalue weighted by Gasteiger charge is 2.34. The number of fused-ring (bicyclic) bond motifs is 1. The molecule has 4 rings (SSSR count). The lowest BCUT2D eigenvalue weighted by Crippen LogP contribution is -2.41. The lowest BCUT2D eigenvalue weighted by Gasteiger charge is -2.38. The van der Waals surface area contributed by atoms with Crippen molar-refractivity contribution >= 4 is 17.5 Å². The van der Waals surface area contributed by atoms with Gasteiger partial charge in [0.15, 0.2) is 11.5 Å². The molecule has 1 heterocycles. The van der Waals surface area contributed by atoms with Crippen LogP contribution in [-0.4, -0.2) is 31.6 Å². The van der Waals surface area contributed by atoms with Gasteiger partial charge in [-0.25, -0.2) is 0 Å². The monoisotopic (exact) mass is 421 g/mol. The van der Waals surface area contributed by atoms with E-state index in [-0.39, 0.29) is 11.9 Å². The number of amides is 1. The molecule has 0 saturated heterocycles. The standard InChI is InChI=1S/C25H24ClNO3/c1-29-22-15-18-12-13-27(24(28)14-17-8-4-3-5-9-17)25(20(18)16-23(22)30-2)19-10-6-7-11-21(19)26/h3-11,15-16,25H,12-14H2,1-2H3/t25-/m0/s1. The van der Waals surface area contributed by atoms with Gasteiger partial charge in [0.2, 0.25) is 5.91 Å². The van der Waals surface area contributed by atoms with Crippen LogP contribution in [0.25, 0.3) is 0 Å². The molecule has 1 aliphatic heterocycles. The molecular formula is C25H24ClNO3. The molecule has 1 amide bonds.